The summed E-state index contributed by atoms with van der Waals surface area (Å²) in [6, 6.07) is 0. The fraction of sp³-hybridized carbons (Fsp3) is 0.364. The first-order valence-electron chi connectivity index (χ1n) is 5.62. The van der Waals surface area contributed by atoms with E-state index in [4.69, 9.17) is 5.84 Å². The number of hydrazine groups is 1. The summed E-state index contributed by atoms with van der Waals surface area (Å²) in [5.74, 6) is 6.94. The van der Waals surface area contributed by atoms with E-state index in [0.29, 0.717) is 5.82 Å². The smallest absolute Gasteiger partial charge is 0.180 e. The molecular formula is C11H14N6. The van der Waals surface area contributed by atoms with Crippen LogP contribution in [0.2, 0.25) is 0 Å². The number of nitrogens with one attached hydrogen (secondary N) is 1. The Bertz CT molecular complexity index is 559. The molecule has 0 saturated heterocycles. The van der Waals surface area contributed by atoms with Crippen LogP contribution in [0.15, 0.2) is 12.5 Å². The van der Waals surface area contributed by atoms with E-state index >= 15 is 0 Å². The zero-order chi connectivity index (χ0) is 11.8. The van der Waals surface area contributed by atoms with Crippen molar-refractivity contribution in [2.45, 2.75) is 19.3 Å². The summed E-state index contributed by atoms with van der Waals surface area (Å²) in [7, 11) is 1.93. The van der Waals surface area contributed by atoms with Crippen molar-refractivity contribution in [3.05, 3.63) is 23.8 Å². The molecule has 0 radical (unpaired) electrons. The van der Waals surface area contributed by atoms with Gasteiger partial charge in [0.2, 0.25) is 0 Å². The number of nitrogen functional groups attached to an aromatic ring is 1. The summed E-state index contributed by atoms with van der Waals surface area (Å²) < 4.78 is 1.90. The van der Waals surface area contributed by atoms with E-state index in [1.54, 1.807) is 12.5 Å². The number of fused-ring (bicyclic) bond motifs is 1. The van der Waals surface area contributed by atoms with Crippen LogP contribution in [0.3, 0.4) is 0 Å². The normalized spacial score (nSPS) is 13.8. The summed E-state index contributed by atoms with van der Waals surface area (Å²) in [5, 5.41) is 0. The minimum atomic E-state index is 0.679. The molecule has 0 fully saturated rings. The summed E-state index contributed by atoms with van der Waals surface area (Å²) in [6.07, 6.45) is 6.61. The molecule has 6 heteroatoms. The molecule has 0 spiro atoms. The Labute approximate surface area is 98.9 Å². The second-order valence-corrected chi connectivity index (χ2v) is 4.21. The van der Waals surface area contributed by atoms with Gasteiger partial charge < -0.3 is 9.99 Å². The van der Waals surface area contributed by atoms with Crippen LogP contribution in [-0.2, 0) is 19.9 Å². The minimum Gasteiger partial charge on any atom is -0.331 e. The van der Waals surface area contributed by atoms with Crippen LogP contribution in [0.4, 0.5) is 5.82 Å². The highest BCUT2D eigenvalue weighted by atomic mass is 15.3. The molecule has 1 aliphatic rings. The Kier molecular flexibility index (Phi) is 2.29. The molecule has 0 bridgehead atoms. The maximum Gasteiger partial charge on any atom is 0.180 e. The first-order chi connectivity index (χ1) is 8.29. The van der Waals surface area contributed by atoms with Gasteiger partial charge in [-0.1, -0.05) is 0 Å². The van der Waals surface area contributed by atoms with Crippen LogP contribution in [0.5, 0.6) is 0 Å². The SMILES string of the molecule is Cn1cncc1-c1nc2c(c(NN)n1)CCC2. The molecule has 3 rings (SSSR count). The van der Waals surface area contributed by atoms with Crippen molar-refractivity contribution in [2.75, 3.05) is 5.43 Å². The first kappa shape index (κ1) is 10.2. The van der Waals surface area contributed by atoms with Gasteiger partial charge in [0.25, 0.3) is 0 Å². The van der Waals surface area contributed by atoms with Gasteiger partial charge in [-0.2, -0.15) is 0 Å². The lowest BCUT2D eigenvalue weighted by Gasteiger charge is -2.09. The van der Waals surface area contributed by atoms with Gasteiger partial charge in [0.05, 0.1) is 12.5 Å². The van der Waals surface area contributed by atoms with Gasteiger partial charge in [-0.15, -0.1) is 0 Å². The molecule has 0 aliphatic heterocycles. The molecule has 1 aliphatic carbocycles. The van der Waals surface area contributed by atoms with Gasteiger partial charge in [0, 0.05) is 18.3 Å². The van der Waals surface area contributed by atoms with Crippen molar-refractivity contribution in [1.29, 1.82) is 0 Å². The second kappa shape index (κ2) is 3.81. The van der Waals surface area contributed by atoms with E-state index in [1.165, 1.54) is 0 Å². The molecule has 88 valence electrons. The zero-order valence-electron chi connectivity index (χ0n) is 9.64. The van der Waals surface area contributed by atoms with Gasteiger partial charge in [0.15, 0.2) is 5.82 Å². The van der Waals surface area contributed by atoms with E-state index in [9.17, 15) is 0 Å². The maximum absolute atomic E-state index is 5.52. The van der Waals surface area contributed by atoms with Crippen LogP contribution < -0.4 is 11.3 Å². The molecule has 0 unspecified atom stereocenters. The lowest BCUT2D eigenvalue weighted by atomic mass is 10.2. The topological polar surface area (TPSA) is 81.7 Å². The third-order valence-electron chi connectivity index (χ3n) is 3.12. The summed E-state index contributed by atoms with van der Waals surface area (Å²) in [6.45, 7) is 0. The van der Waals surface area contributed by atoms with Crippen LogP contribution in [0, 0.1) is 0 Å². The molecule has 0 aromatic carbocycles. The van der Waals surface area contributed by atoms with Gasteiger partial charge in [0.1, 0.15) is 11.5 Å². The lowest BCUT2D eigenvalue weighted by Crippen LogP contribution is -2.13. The van der Waals surface area contributed by atoms with Gasteiger partial charge >= 0.3 is 0 Å². The number of nitrogens with two attached hydrogens (primary N) is 1. The number of imidazole rings is 1. The van der Waals surface area contributed by atoms with E-state index in [2.05, 4.69) is 20.4 Å². The minimum absolute atomic E-state index is 0.679. The molecule has 17 heavy (non-hydrogen) atoms. The highest BCUT2D eigenvalue weighted by Gasteiger charge is 2.20. The third kappa shape index (κ3) is 1.57. The Morgan fingerprint density at radius 1 is 1.35 bits per heavy atom. The number of nitrogens with zero attached hydrogens (tertiary/aromatic N) is 4. The number of aryl methyl sites for hydroxylation is 2. The molecule has 0 saturated carbocycles. The predicted octanol–water partition coefficient (Wildman–Crippen LogP) is 0.651. The average molecular weight is 230 g/mol. The van der Waals surface area contributed by atoms with E-state index in [0.717, 1.165) is 42.0 Å². The van der Waals surface area contributed by atoms with Crippen molar-refractivity contribution in [3.63, 3.8) is 0 Å². The summed E-state index contributed by atoms with van der Waals surface area (Å²) in [4.78, 5) is 13.1. The Morgan fingerprint density at radius 3 is 2.94 bits per heavy atom. The zero-order valence-corrected chi connectivity index (χ0v) is 9.64. The molecule has 3 N–H and O–H groups in total. The maximum atomic E-state index is 5.52. The van der Waals surface area contributed by atoms with Gasteiger partial charge in [-0.05, 0) is 19.3 Å². The van der Waals surface area contributed by atoms with Gasteiger partial charge in [-0.3, -0.25) is 0 Å². The first-order valence-corrected chi connectivity index (χ1v) is 5.62. The number of hydrogen-bond acceptors (Lipinski definition) is 5. The lowest BCUT2D eigenvalue weighted by molar-refractivity contribution is 0.891. The van der Waals surface area contributed by atoms with Gasteiger partial charge in [-0.25, -0.2) is 20.8 Å². The van der Waals surface area contributed by atoms with Crippen LogP contribution in [-0.4, -0.2) is 19.5 Å². The summed E-state index contributed by atoms with van der Waals surface area (Å²) in [5.41, 5.74) is 5.82. The van der Waals surface area contributed by atoms with Crippen molar-refractivity contribution in [3.8, 4) is 11.5 Å². The summed E-state index contributed by atoms with van der Waals surface area (Å²) >= 11 is 0. The highest BCUT2D eigenvalue weighted by molar-refractivity contribution is 5.57. The monoisotopic (exact) mass is 230 g/mol. The number of anilines is 1. The molecule has 0 amide bonds. The second-order valence-electron chi connectivity index (χ2n) is 4.21. The Morgan fingerprint density at radius 2 is 2.24 bits per heavy atom. The molecule has 2 aromatic rings. The molecule has 6 nitrogen and oxygen atoms in total. The average Bonchev–Trinajstić information content (AvgIpc) is 2.95. The van der Waals surface area contributed by atoms with Crippen molar-refractivity contribution >= 4 is 5.82 Å². The molecular weight excluding hydrogens is 216 g/mol. The van der Waals surface area contributed by atoms with E-state index < -0.39 is 0 Å². The number of aromatic nitrogens is 4. The molecule has 2 heterocycles. The third-order valence-corrected chi connectivity index (χ3v) is 3.12. The molecule has 2 aromatic heterocycles. The largest absolute Gasteiger partial charge is 0.331 e. The van der Waals surface area contributed by atoms with E-state index in [-0.39, 0.29) is 0 Å². The predicted molar refractivity (Wildman–Crippen MR) is 64.1 cm³/mol. The molecule has 0 atom stereocenters. The number of rotatable bonds is 2. The van der Waals surface area contributed by atoms with Crippen molar-refractivity contribution in [2.24, 2.45) is 12.9 Å². The van der Waals surface area contributed by atoms with E-state index in [1.807, 2.05) is 11.6 Å². The fourth-order valence-electron chi connectivity index (χ4n) is 2.24. The fourth-order valence-corrected chi connectivity index (χ4v) is 2.24. The quantitative estimate of drug-likeness (QED) is 0.585. The van der Waals surface area contributed by atoms with Crippen LogP contribution >= 0.6 is 0 Å². The van der Waals surface area contributed by atoms with Crippen molar-refractivity contribution in [1.82, 2.24) is 19.5 Å². The van der Waals surface area contributed by atoms with Crippen LogP contribution in [0.25, 0.3) is 11.5 Å². The Balaban J connectivity index is 2.16. The van der Waals surface area contributed by atoms with Crippen LogP contribution in [0.1, 0.15) is 17.7 Å². The Hall–Kier alpha value is -1.95. The highest BCUT2D eigenvalue weighted by Crippen LogP contribution is 2.28. The standard InChI is InChI=1S/C11H14N6/c1-17-6-13-5-9(17)11-14-8-4-2-3-7(8)10(15-11)16-12/h5-6H,2-4,12H2,1H3,(H,14,15,16). The van der Waals surface area contributed by atoms with Crippen molar-refractivity contribution < 1.29 is 0 Å². The number of hydrogen-bond donors (Lipinski definition) is 2.